The lowest BCUT2D eigenvalue weighted by Gasteiger charge is -2.13. The molecule has 0 amide bonds. The van der Waals surface area contributed by atoms with Crippen molar-refractivity contribution >= 4 is 38.8 Å². The summed E-state index contributed by atoms with van der Waals surface area (Å²) >= 11 is 0. The highest BCUT2D eigenvalue weighted by Gasteiger charge is 2.17. The van der Waals surface area contributed by atoms with Gasteiger partial charge >= 0.3 is 0 Å². The molecule has 0 fully saturated rings. The molecule has 0 atom stereocenters. The van der Waals surface area contributed by atoms with E-state index in [4.69, 9.17) is 19.4 Å². The van der Waals surface area contributed by atoms with E-state index >= 15 is 0 Å². The van der Waals surface area contributed by atoms with Crippen molar-refractivity contribution in [1.29, 1.82) is 0 Å². The van der Waals surface area contributed by atoms with Crippen LogP contribution in [0.4, 0.5) is 0 Å². The third-order valence-corrected chi connectivity index (χ3v) is 10.00. The van der Waals surface area contributed by atoms with E-state index in [9.17, 15) is 0 Å². The second kappa shape index (κ2) is 12.0. The van der Waals surface area contributed by atoms with E-state index in [1.807, 2.05) is 18.2 Å². The van der Waals surface area contributed by atoms with Gasteiger partial charge in [0.25, 0.3) is 0 Å². The maximum Gasteiger partial charge on any atom is 0.164 e. The summed E-state index contributed by atoms with van der Waals surface area (Å²) < 4.78 is 6.22. The molecule has 0 spiro atoms. The van der Waals surface area contributed by atoms with E-state index in [0.717, 1.165) is 68.2 Å². The standard InChI is InChI=1S/C47H31N3O/c1-2-12-34-28-37(27-22-30(34)10-1)47-49-45(33-25-23-32(24-26-33)39-18-8-13-31-11-3-4-16-38(31)39)48-46(50-47)36-15-7-14-35(29-36)40-19-9-21-43-44(40)41-17-5-6-20-42(41)51-43/h2-9,11-29H,1,10H2. The van der Waals surface area contributed by atoms with Crippen molar-refractivity contribution in [2.75, 3.05) is 0 Å². The van der Waals surface area contributed by atoms with Gasteiger partial charge in [0.15, 0.2) is 17.5 Å². The van der Waals surface area contributed by atoms with Crippen LogP contribution in [0.25, 0.3) is 95.2 Å². The normalized spacial score (nSPS) is 12.5. The first-order valence-corrected chi connectivity index (χ1v) is 17.4. The number of rotatable bonds is 5. The summed E-state index contributed by atoms with van der Waals surface area (Å²) in [5.41, 5.74) is 11.7. The van der Waals surface area contributed by atoms with Crippen molar-refractivity contribution in [2.24, 2.45) is 0 Å². The second-order valence-corrected chi connectivity index (χ2v) is 13.1. The quantitative estimate of drug-likeness (QED) is 0.185. The minimum Gasteiger partial charge on any atom is -0.456 e. The Morgan fingerprint density at radius 2 is 1.08 bits per heavy atom. The van der Waals surface area contributed by atoms with E-state index in [0.29, 0.717) is 17.5 Å². The summed E-state index contributed by atoms with van der Waals surface area (Å²) in [5, 5.41) is 4.67. The van der Waals surface area contributed by atoms with Gasteiger partial charge in [0.2, 0.25) is 0 Å². The van der Waals surface area contributed by atoms with Gasteiger partial charge in [0.05, 0.1) is 0 Å². The van der Waals surface area contributed by atoms with Gasteiger partial charge in [-0.1, -0.05) is 140 Å². The molecule has 0 saturated carbocycles. The molecule has 4 heteroatoms. The van der Waals surface area contributed by atoms with Gasteiger partial charge in [-0.05, 0) is 81.3 Å². The Balaban J connectivity index is 1.11. The van der Waals surface area contributed by atoms with E-state index in [2.05, 4.69) is 146 Å². The van der Waals surface area contributed by atoms with Gasteiger partial charge < -0.3 is 4.42 Å². The van der Waals surface area contributed by atoms with Crippen LogP contribution in [-0.4, -0.2) is 15.0 Å². The summed E-state index contributed by atoms with van der Waals surface area (Å²) in [6.07, 6.45) is 6.57. The first-order valence-electron chi connectivity index (χ1n) is 17.4. The zero-order valence-electron chi connectivity index (χ0n) is 27.8. The zero-order valence-corrected chi connectivity index (χ0v) is 27.8. The van der Waals surface area contributed by atoms with Crippen LogP contribution in [0.15, 0.2) is 162 Å². The Hall–Kier alpha value is -6.65. The fourth-order valence-corrected chi connectivity index (χ4v) is 7.45. The third kappa shape index (κ3) is 5.20. The SMILES string of the molecule is C1=Cc2cc(-c3nc(-c4ccc(-c5cccc6ccccc56)cc4)nc(-c4cccc(-c5cccc6oc7ccccc7c56)c4)n3)ccc2CC1. The number of para-hydroxylation sites is 1. The molecule has 7 aromatic carbocycles. The molecule has 0 bridgehead atoms. The molecule has 9 aromatic rings. The van der Waals surface area contributed by atoms with Crippen molar-refractivity contribution in [3.63, 3.8) is 0 Å². The molecular weight excluding hydrogens is 623 g/mol. The van der Waals surface area contributed by atoms with Crippen LogP contribution in [0.1, 0.15) is 17.5 Å². The predicted molar refractivity (Wildman–Crippen MR) is 209 cm³/mol. The largest absolute Gasteiger partial charge is 0.456 e. The summed E-state index contributed by atoms with van der Waals surface area (Å²) in [5.74, 6) is 1.93. The van der Waals surface area contributed by atoms with Gasteiger partial charge in [-0.3, -0.25) is 0 Å². The molecule has 10 rings (SSSR count). The zero-order chi connectivity index (χ0) is 33.7. The highest BCUT2D eigenvalue weighted by atomic mass is 16.3. The monoisotopic (exact) mass is 653 g/mol. The lowest BCUT2D eigenvalue weighted by Crippen LogP contribution is -2.01. The first-order chi connectivity index (χ1) is 25.2. The number of fused-ring (bicyclic) bond motifs is 5. The average Bonchev–Trinajstić information content (AvgIpc) is 3.59. The van der Waals surface area contributed by atoms with Crippen molar-refractivity contribution in [3.8, 4) is 56.4 Å². The molecule has 0 N–H and O–H groups in total. The molecule has 0 aliphatic heterocycles. The summed E-state index contributed by atoms with van der Waals surface area (Å²) in [7, 11) is 0. The topological polar surface area (TPSA) is 51.8 Å². The fraction of sp³-hybridized carbons (Fsp3) is 0.0426. The number of furan rings is 1. The minimum absolute atomic E-state index is 0.632. The van der Waals surface area contributed by atoms with Crippen LogP contribution in [0.3, 0.4) is 0 Å². The molecular formula is C47H31N3O. The van der Waals surface area contributed by atoms with Gasteiger partial charge in [-0.2, -0.15) is 0 Å². The average molecular weight is 654 g/mol. The number of hydrogen-bond donors (Lipinski definition) is 0. The van der Waals surface area contributed by atoms with Gasteiger partial charge in [-0.25, -0.2) is 15.0 Å². The van der Waals surface area contributed by atoms with Crippen molar-refractivity contribution in [3.05, 3.63) is 169 Å². The van der Waals surface area contributed by atoms with Crippen LogP contribution < -0.4 is 0 Å². The molecule has 0 unspecified atom stereocenters. The van der Waals surface area contributed by atoms with Crippen LogP contribution in [0.2, 0.25) is 0 Å². The molecule has 240 valence electrons. The molecule has 4 nitrogen and oxygen atoms in total. The van der Waals surface area contributed by atoms with E-state index in [1.54, 1.807) is 0 Å². The highest BCUT2D eigenvalue weighted by molar-refractivity contribution is 6.12. The Bertz CT molecular complexity index is 2800. The van der Waals surface area contributed by atoms with E-state index in [-0.39, 0.29) is 0 Å². The van der Waals surface area contributed by atoms with E-state index in [1.165, 1.54) is 27.5 Å². The molecule has 0 saturated heterocycles. The second-order valence-electron chi connectivity index (χ2n) is 13.1. The number of hydrogen-bond acceptors (Lipinski definition) is 4. The molecule has 2 aromatic heterocycles. The number of aryl methyl sites for hydroxylation is 1. The van der Waals surface area contributed by atoms with Crippen LogP contribution in [0, 0.1) is 0 Å². The van der Waals surface area contributed by atoms with Gasteiger partial charge in [0.1, 0.15) is 11.2 Å². The fourth-order valence-electron chi connectivity index (χ4n) is 7.45. The van der Waals surface area contributed by atoms with Crippen molar-refractivity contribution in [2.45, 2.75) is 12.8 Å². The first kappa shape index (κ1) is 29.3. The number of nitrogens with zero attached hydrogens (tertiary/aromatic N) is 3. The maximum atomic E-state index is 6.22. The Morgan fingerprint density at radius 3 is 1.96 bits per heavy atom. The molecule has 51 heavy (non-hydrogen) atoms. The molecule has 0 radical (unpaired) electrons. The molecule has 1 aliphatic carbocycles. The lowest BCUT2D eigenvalue weighted by molar-refractivity contribution is 0.669. The molecule has 2 heterocycles. The number of allylic oxidation sites excluding steroid dienone is 1. The predicted octanol–water partition coefficient (Wildman–Crippen LogP) is 12.2. The summed E-state index contributed by atoms with van der Waals surface area (Å²) in [6.45, 7) is 0. The minimum atomic E-state index is 0.632. The smallest absolute Gasteiger partial charge is 0.164 e. The Kier molecular flexibility index (Phi) is 6.91. The summed E-state index contributed by atoms with van der Waals surface area (Å²) in [6, 6.07) is 53.1. The van der Waals surface area contributed by atoms with Crippen molar-refractivity contribution < 1.29 is 4.42 Å². The van der Waals surface area contributed by atoms with Crippen molar-refractivity contribution in [1.82, 2.24) is 15.0 Å². The lowest BCUT2D eigenvalue weighted by atomic mass is 9.95. The number of benzene rings is 7. The third-order valence-electron chi connectivity index (χ3n) is 10.00. The van der Waals surface area contributed by atoms with Gasteiger partial charge in [-0.15, -0.1) is 0 Å². The van der Waals surface area contributed by atoms with E-state index < -0.39 is 0 Å². The molecule has 1 aliphatic rings. The highest BCUT2D eigenvalue weighted by Crippen LogP contribution is 2.38. The Morgan fingerprint density at radius 1 is 0.451 bits per heavy atom. The maximum absolute atomic E-state index is 6.22. The van der Waals surface area contributed by atoms with Crippen LogP contribution >= 0.6 is 0 Å². The van der Waals surface area contributed by atoms with Gasteiger partial charge in [0, 0.05) is 27.5 Å². The summed E-state index contributed by atoms with van der Waals surface area (Å²) in [4.78, 5) is 15.3. The van der Waals surface area contributed by atoms with Crippen LogP contribution in [0.5, 0.6) is 0 Å². The van der Waals surface area contributed by atoms with Crippen LogP contribution in [-0.2, 0) is 6.42 Å². The number of aromatic nitrogens is 3. The Labute approximate surface area is 295 Å².